The van der Waals surface area contributed by atoms with Crippen LogP contribution in [0.25, 0.3) is 0 Å². The van der Waals surface area contributed by atoms with E-state index in [-0.39, 0.29) is 18.4 Å². The van der Waals surface area contributed by atoms with E-state index in [4.69, 9.17) is 11.6 Å². The monoisotopic (exact) mass is 301 g/mol. The molecule has 0 radical (unpaired) electrons. The number of rotatable bonds is 4. The molecule has 2 nitrogen and oxygen atoms in total. The first-order chi connectivity index (χ1) is 10.1. The third-order valence-corrected chi connectivity index (χ3v) is 4.07. The minimum Gasteiger partial charge on any atom is -0.309 e. The Hall–Kier alpha value is -1.80. The lowest BCUT2D eigenvalue weighted by molar-refractivity contribution is -0.118. The lowest BCUT2D eigenvalue weighted by Gasteiger charge is -2.23. The molecule has 0 N–H and O–H groups in total. The van der Waals surface area contributed by atoms with Crippen molar-refractivity contribution in [3.63, 3.8) is 0 Å². The number of fused-ring (bicyclic) bond motifs is 1. The molecule has 2 rings (SSSR count). The summed E-state index contributed by atoms with van der Waals surface area (Å²) in [6.07, 6.45) is 6.52. The number of amides is 1. The molecule has 0 saturated carbocycles. The quantitative estimate of drug-likeness (QED) is 0.744. The summed E-state index contributed by atoms with van der Waals surface area (Å²) >= 11 is 6.14. The fourth-order valence-corrected chi connectivity index (χ4v) is 2.88. The van der Waals surface area contributed by atoms with Crippen LogP contribution >= 0.6 is 11.6 Å². The number of hydrogen-bond acceptors (Lipinski definition) is 1. The van der Waals surface area contributed by atoms with Crippen molar-refractivity contribution in [1.29, 1.82) is 0 Å². The summed E-state index contributed by atoms with van der Waals surface area (Å²) < 4.78 is 0. The van der Waals surface area contributed by atoms with Gasteiger partial charge in [-0.2, -0.15) is 0 Å². The summed E-state index contributed by atoms with van der Waals surface area (Å²) in [5, 5.41) is 0.529. The van der Waals surface area contributed by atoms with Crippen LogP contribution in [-0.4, -0.2) is 11.9 Å². The van der Waals surface area contributed by atoms with Crippen molar-refractivity contribution in [3.05, 3.63) is 65.2 Å². The summed E-state index contributed by atoms with van der Waals surface area (Å²) in [5.41, 5.74) is 3.05. The van der Waals surface area contributed by atoms with E-state index in [1.165, 1.54) is 5.56 Å². The van der Waals surface area contributed by atoms with Crippen LogP contribution in [0.1, 0.15) is 25.8 Å². The molecule has 0 spiro atoms. The highest BCUT2D eigenvalue weighted by molar-refractivity contribution is 6.31. The number of para-hydroxylation sites is 1. The summed E-state index contributed by atoms with van der Waals surface area (Å²) in [4.78, 5) is 14.6. The van der Waals surface area contributed by atoms with Gasteiger partial charge in [-0.15, -0.1) is 0 Å². The third kappa shape index (κ3) is 3.27. The average molecular weight is 302 g/mol. The molecule has 1 aliphatic heterocycles. The van der Waals surface area contributed by atoms with Crippen molar-refractivity contribution in [2.75, 3.05) is 4.90 Å². The molecule has 1 atom stereocenters. The Morgan fingerprint density at radius 3 is 2.86 bits per heavy atom. The second-order valence-electron chi connectivity index (χ2n) is 5.20. The van der Waals surface area contributed by atoms with Gasteiger partial charge in [-0.05, 0) is 37.5 Å². The van der Waals surface area contributed by atoms with Gasteiger partial charge in [0.2, 0.25) is 5.91 Å². The highest BCUT2D eigenvalue weighted by Gasteiger charge is 2.30. The lowest BCUT2D eigenvalue weighted by atomic mass is 10.1. The standard InChI is InChI=1S/C18H20ClNO/c1-4-8-14(16(19)5-2)12-18(21)20-13(3)11-15-9-6-7-10-17(15)20/h4-10,13H,2,11-12H2,1,3H3/b8-4-,16-14-. The number of hydrogen-bond donors (Lipinski definition) is 0. The maximum absolute atomic E-state index is 12.7. The maximum Gasteiger partial charge on any atom is 0.231 e. The first-order valence-electron chi connectivity index (χ1n) is 7.12. The van der Waals surface area contributed by atoms with Crippen molar-refractivity contribution >= 4 is 23.2 Å². The van der Waals surface area contributed by atoms with Crippen molar-refractivity contribution in [2.24, 2.45) is 0 Å². The molecule has 3 heteroatoms. The first kappa shape index (κ1) is 15.6. The summed E-state index contributed by atoms with van der Waals surface area (Å²) in [6.45, 7) is 7.65. The highest BCUT2D eigenvalue weighted by Crippen LogP contribution is 2.33. The second kappa shape index (κ2) is 6.77. The zero-order valence-electron chi connectivity index (χ0n) is 12.5. The second-order valence-corrected chi connectivity index (χ2v) is 5.61. The van der Waals surface area contributed by atoms with Gasteiger partial charge < -0.3 is 4.90 Å². The van der Waals surface area contributed by atoms with Crippen molar-refractivity contribution in [2.45, 2.75) is 32.7 Å². The van der Waals surface area contributed by atoms with Crippen LogP contribution in [0, 0.1) is 0 Å². The molecule has 21 heavy (non-hydrogen) atoms. The van der Waals surface area contributed by atoms with Gasteiger partial charge in [-0.25, -0.2) is 0 Å². The van der Waals surface area contributed by atoms with E-state index in [2.05, 4.69) is 19.6 Å². The van der Waals surface area contributed by atoms with Crippen LogP contribution in [0.5, 0.6) is 0 Å². The SMILES string of the molecule is C=C/C(Cl)=C(\C=C/C)CC(=O)N1c2ccccc2CC1C. The van der Waals surface area contributed by atoms with Crippen molar-refractivity contribution in [3.8, 4) is 0 Å². The first-order valence-corrected chi connectivity index (χ1v) is 7.50. The Morgan fingerprint density at radius 2 is 2.19 bits per heavy atom. The van der Waals surface area contributed by atoms with E-state index in [0.29, 0.717) is 5.03 Å². The number of nitrogens with zero attached hydrogens (tertiary/aromatic N) is 1. The number of halogens is 1. The zero-order chi connectivity index (χ0) is 15.4. The highest BCUT2D eigenvalue weighted by atomic mass is 35.5. The average Bonchev–Trinajstić information content (AvgIpc) is 2.81. The largest absolute Gasteiger partial charge is 0.309 e. The number of carbonyl (C=O) groups is 1. The molecule has 1 aliphatic rings. The number of benzene rings is 1. The zero-order valence-corrected chi connectivity index (χ0v) is 13.2. The Labute approximate surface area is 131 Å². The summed E-state index contributed by atoms with van der Waals surface area (Å²) in [5.74, 6) is 0.0700. The van der Waals surface area contributed by atoms with E-state index in [1.807, 2.05) is 42.2 Å². The molecule has 1 unspecified atom stereocenters. The molecule has 0 bridgehead atoms. The molecule has 0 aliphatic carbocycles. The predicted octanol–water partition coefficient (Wildman–Crippen LogP) is 4.61. The fourth-order valence-electron chi connectivity index (χ4n) is 2.75. The molecule has 0 fully saturated rings. The van der Waals surface area contributed by atoms with Crippen molar-refractivity contribution < 1.29 is 4.79 Å². The molecule has 1 heterocycles. The van der Waals surface area contributed by atoms with Gasteiger partial charge in [0.15, 0.2) is 0 Å². The molecular weight excluding hydrogens is 282 g/mol. The molecule has 0 saturated heterocycles. The maximum atomic E-state index is 12.7. The van der Waals surface area contributed by atoms with E-state index in [1.54, 1.807) is 6.08 Å². The van der Waals surface area contributed by atoms with E-state index in [0.717, 1.165) is 17.7 Å². The van der Waals surface area contributed by atoms with Crippen LogP contribution in [-0.2, 0) is 11.2 Å². The molecular formula is C18H20ClNO. The van der Waals surface area contributed by atoms with Crippen LogP contribution in [0.2, 0.25) is 0 Å². The Bertz CT molecular complexity index is 615. The van der Waals surface area contributed by atoms with Crippen LogP contribution in [0.3, 0.4) is 0 Å². The topological polar surface area (TPSA) is 20.3 Å². The minimum absolute atomic E-state index is 0.0700. The van der Waals surface area contributed by atoms with Gasteiger partial charge >= 0.3 is 0 Å². The molecule has 1 aromatic carbocycles. The Kier molecular flexibility index (Phi) is 5.03. The number of anilines is 1. The summed E-state index contributed by atoms with van der Waals surface area (Å²) in [6, 6.07) is 8.25. The van der Waals surface area contributed by atoms with Gasteiger partial charge in [0.25, 0.3) is 0 Å². The van der Waals surface area contributed by atoms with Crippen LogP contribution in [0.4, 0.5) is 5.69 Å². The van der Waals surface area contributed by atoms with E-state index < -0.39 is 0 Å². The van der Waals surface area contributed by atoms with Crippen LogP contribution < -0.4 is 4.90 Å². The van der Waals surface area contributed by atoms with Gasteiger partial charge in [-0.3, -0.25) is 4.79 Å². The number of allylic oxidation sites excluding steroid dienone is 4. The van der Waals surface area contributed by atoms with Crippen LogP contribution in [0.15, 0.2) is 59.7 Å². The lowest BCUT2D eigenvalue weighted by Crippen LogP contribution is -2.35. The number of carbonyl (C=O) groups excluding carboxylic acids is 1. The van der Waals surface area contributed by atoms with E-state index >= 15 is 0 Å². The van der Waals surface area contributed by atoms with Gasteiger partial charge in [0, 0.05) is 16.8 Å². The van der Waals surface area contributed by atoms with Crippen molar-refractivity contribution in [1.82, 2.24) is 0 Å². The Morgan fingerprint density at radius 1 is 1.48 bits per heavy atom. The third-order valence-electron chi connectivity index (χ3n) is 3.67. The molecule has 1 aromatic rings. The van der Waals surface area contributed by atoms with Gasteiger partial charge in [0.1, 0.15) is 0 Å². The molecule has 1 amide bonds. The smallest absolute Gasteiger partial charge is 0.231 e. The summed E-state index contributed by atoms with van der Waals surface area (Å²) in [7, 11) is 0. The normalized spacial score (nSPS) is 18.6. The van der Waals surface area contributed by atoms with E-state index in [9.17, 15) is 4.79 Å². The molecule has 0 aromatic heterocycles. The molecule has 110 valence electrons. The predicted molar refractivity (Wildman–Crippen MR) is 89.6 cm³/mol. The van der Waals surface area contributed by atoms with Gasteiger partial charge in [-0.1, -0.05) is 54.6 Å². The Balaban J connectivity index is 2.27. The van der Waals surface area contributed by atoms with Gasteiger partial charge in [0.05, 0.1) is 6.42 Å². The fraction of sp³-hybridized carbons (Fsp3) is 0.278. The minimum atomic E-state index is 0.0700.